The van der Waals surface area contributed by atoms with E-state index in [0.717, 1.165) is 46.2 Å². The van der Waals surface area contributed by atoms with Gasteiger partial charge in [-0.1, -0.05) is 69.7 Å². The number of anilines is 2. The van der Waals surface area contributed by atoms with Crippen molar-refractivity contribution in [3.8, 4) is 11.1 Å². The molecule has 0 atom stereocenters. The molecule has 2 heteroatoms. The van der Waals surface area contributed by atoms with Crippen LogP contribution in [0.15, 0.2) is 36.4 Å². The van der Waals surface area contributed by atoms with Crippen molar-refractivity contribution in [3.05, 3.63) is 47.5 Å². The first kappa shape index (κ1) is 23.2. The van der Waals surface area contributed by atoms with E-state index in [2.05, 4.69) is 31.2 Å². The molecule has 2 nitrogen and oxygen atoms in total. The Morgan fingerprint density at radius 3 is 1.84 bits per heavy atom. The van der Waals surface area contributed by atoms with Crippen molar-refractivity contribution < 1.29 is 0 Å². The zero-order chi connectivity index (χ0) is 22.5. The summed E-state index contributed by atoms with van der Waals surface area (Å²) < 4.78 is 0. The van der Waals surface area contributed by atoms with Crippen LogP contribution in [0.1, 0.15) is 101 Å². The minimum atomic E-state index is 0.735. The van der Waals surface area contributed by atoms with Crippen LogP contribution in [-0.4, -0.2) is 0 Å². The summed E-state index contributed by atoms with van der Waals surface area (Å²) in [6, 6.07) is 13.3. The van der Waals surface area contributed by atoms with Crippen molar-refractivity contribution >= 4 is 11.4 Å². The molecule has 0 radical (unpaired) electrons. The van der Waals surface area contributed by atoms with Crippen LogP contribution in [0.5, 0.6) is 0 Å². The van der Waals surface area contributed by atoms with Crippen molar-refractivity contribution in [1.29, 1.82) is 0 Å². The summed E-state index contributed by atoms with van der Waals surface area (Å²) in [5.74, 6) is 3.77. The standard InChI is InChI=1S/C30H44N2/c1-3-4-5-6-22-7-9-23(10-8-22)24-11-13-25(14-12-24)26-15-17-27(18-16-26)28-19-29(31)21(2)30(32)20-28/h15-20,22-25H,3-14,31-32H2,1-2H3. The second kappa shape index (κ2) is 10.8. The maximum absolute atomic E-state index is 6.13. The zero-order valence-electron chi connectivity index (χ0n) is 20.4. The maximum Gasteiger partial charge on any atom is 0.0370 e. The average molecular weight is 433 g/mol. The van der Waals surface area contributed by atoms with Gasteiger partial charge in [0.15, 0.2) is 0 Å². The highest BCUT2D eigenvalue weighted by Crippen LogP contribution is 2.44. The Kier molecular flexibility index (Phi) is 7.81. The van der Waals surface area contributed by atoms with E-state index in [0.29, 0.717) is 0 Å². The summed E-state index contributed by atoms with van der Waals surface area (Å²) in [6.45, 7) is 4.30. The summed E-state index contributed by atoms with van der Waals surface area (Å²) in [5.41, 5.74) is 18.6. The van der Waals surface area contributed by atoms with Gasteiger partial charge in [0.05, 0.1) is 0 Å². The fraction of sp³-hybridized carbons (Fsp3) is 0.600. The predicted octanol–water partition coefficient (Wildman–Crippen LogP) is 8.49. The molecule has 2 aliphatic carbocycles. The Balaban J connectivity index is 1.28. The van der Waals surface area contributed by atoms with Crippen LogP contribution in [0.2, 0.25) is 0 Å². The van der Waals surface area contributed by atoms with Gasteiger partial charge in [-0.3, -0.25) is 0 Å². The lowest BCUT2D eigenvalue weighted by Gasteiger charge is -2.38. The Morgan fingerprint density at radius 1 is 0.719 bits per heavy atom. The number of hydrogen-bond donors (Lipinski definition) is 2. The number of hydrogen-bond acceptors (Lipinski definition) is 2. The lowest BCUT2D eigenvalue weighted by atomic mass is 9.68. The lowest BCUT2D eigenvalue weighted by Crippen LogP contribution is -2.25. The first-order valence-electron chi connectivity index (χ1n) is 13.3. The Morgan fingerprint density at radius 2 is 1.28 bits per heavy atom. The fourth-order valence-electron chi connectivity index (χ4n) is 6.43. The van der Waals surface area contributed by atoms with Crippen molar-refractivity contribution in [3.63, 3.8) is 0 Å². The topological polar surface area (TPSA) is 52.0 Å². The van der Waals surface area contributed by atoms with Crippen LogP contribution in [-0.2, 0) is 0 Å². The van der Waals surface area contributed by atoms with Gasteiger partial charge in [0.25, 0.3) is 0 Å². The highest BCUT2D eigenvalue weighted by atomic mass is 14.6. The SMILES string of the molecule is CCCCCC1CCC(C2CCC(c3ccc(-c4cc(N)c(C)c(N)c4)cc3)CC2)CC1. The number of unbranched alkanes of at least 4 members (excludes halogenated alkanes) is 2. The van der Waals surface area contributed by atoms with Crippen LogP contribution in [0.3, 0.4) is 0 Å². The van der Waals surface area contributed by atoms with Crippen molar-refractivity contribution in [2.75, 3.05) is 11.5 Å². The predicted molar refractivity (Wildman–Crippen MR) is 140 cm³/mol. The van der Waals surface area contributed by atoms with Gasteiger partial charge >= 0.3 is 0 Å². The van der Waals surface area contributed by atoms with E-state index in [1.54, 1.807) is 0 Å². The third-order valence-electron chi connectivity index (χ3n) is 8.75. The van der Waals surface area contributed by atoms with Crippen molar-refractivity contribution in [2.24, 2.45) is 17.8 Å². The summed E-state index contributed by atoms with van der Waals surface area (Å²) >= 11 is 0. The van der Waals surface area contributed by atoms with Gasteiger partial charge in [0, 0.05) is 11.4 Å². The molecule has 2 aliphatic rings. The van der Waals surface area contributed by atoms with Gasteiger partial charge in [-0.05, 0) is 104 Å². The Hall–Kier alpha value is -1.96. The molecule has 4 rings (SSSR count). The molecular formula is C30H44N2. The average Bonchev–Trinajstić information content (AvgIpc) is 2.83. The van der Waals surface area contributed by atoms with Crippen LogP contribution in [0.4, 0.5) is 11.4 Å². The first-order chi connectivity index (χ1) is 15.5. The highest BCUT2D eigenvalue weighted by molar-refractivity contribution is 5.75. The van der Waals surface area contributed by atoms with E-state index in [-0.39, 0.29) is 0 Å². The molecule has 0 saturated heterocycles. The van der Waals surface area contributed by atoms with Gasteiger partial charge in [-0.2, -0.15) is 0 Å². The summed E-state index contributed by atoms with van der Waals surface area (Å²) in [6.07, 6.45) is 17.3. The lowest BCUT2D eigenvalue weighted by molar-refractivity contribution is 0.155. The normalized spacial score (nSPS) is 26.2. The zero-order valence-corrected chi connectivity index (χ0v) is 20.4. The van der Waals surface area contributed by atoms with E-state index >= 15 is 0 Å². The van der Waals surface area contributed by atoms with E-state index in [1.165, 1.54) is 88.2 Å². The van der Waals surface area contributed by atoms with Gasteiger partial charge in [0.1, 0.15) is 0 Å². The number of nitrogens with two attached hydrogens (primary N) is 2. The minimum absolute atomic E-state index is 0.735. The molecule has 4 N–H and O–H groups in total. The molecule has 0 spiro atoms. The molecule has 32 heavy (non-hydrogen) atoms. The third-order valence-corrected chi connectivity index (χ3v) is 8.75. The number of rotatable bonds is 7. The quantitative estimate of drug-likeness (QED) is 0.340. The van der Waals surface area contributed by atoms with E-state index in [1.807, 2.05) is 19.1 Å². The third kappa shape index (κ3) is 5.50. The van der Waals surface area contributed by atoms with E-state index in [9.17, 15) is 0 Å². The smallest absolute Gasteiger partial charge is 0.0370 e. The summed E-state index contributed by atoms with van der Waals surface area (Å²) in [5, 5.41) is 0. The van der Waals surface area contributed by atoms with E-state index < -0.39 is 0 Å². The molecule has 174 valence electrons. The molecule has 0 unspecified atom stereocenters. The van der Waals surface area contributed by atoms with Gasteiger partial charge in [-0.15, -0.1) is 0 Å². The van der Waals surface area contributed by atoms with E-state index in [4.69, 9.17) is 11.5 Å². The molecule has 0 heterocycles. The van der Waals surface area contributed by atoms with Crippen LogP contribution < -0.4 is 11.5 Å². The van der Waals surface area contributed by atoms with Gasteiger partial charge in [-0.25, -0.2) is 0 Å². The molecule has 0 aliphatic heterocycles. The summed E-state index contributed by atoms with van der Waals surface area (Å²) in [7, 11) is 0. The molecule has 0 bridgehead atoms. The second-order valence-electron chi connectivity index (χ2n) is 10.8. The van der Waals surface area contributed by atoms with Crippen molar-refractivity contribution in [2.45, 2.75) is 96.8 Å². The molecule has 2 saturated carbocycles. The molecule has 0 amide bonds. The van der Waals surface area contributed by atoms with Crippen LogP contribution in [0.25, 0.3) is 11.1 Å². The van der Waals surface area contributed by atoms with Gasteiger partial charge < -0.3 is 11.5 Å². The number of nitrogen functional groups attached to an aromatic ring is 2. The van der Waals surface area contributed by atoms with Crippen molar-refractivity contribution in [1.82, 2.24) is 0 Å². The largest absolute Gasteiger partial charge is 0.398 e. The molecule has 2 aromatic rings. The monoisotopic (exact) mass is 432 g/mol. The van der Waals surface area contributed by atoms with Crippen LogP contribution >= 0.6 is 0 Å². The van der Waals surface area contributed by atoms with Gasteiger partial charge in [0.2, 0.25) is 0 Å². The molecule has 2 aromatic carbocycles. The Bertz CT molecular complexity index is 830. The fourth-order valence-corrected chi connectivity index (χ4v) is 6.43. The first-order valence-corrected chi connectivity index (χ1v) is 13.3. The molecule has 0 aromatic heterocycles. The molecular weight excluding hydrogens is 388 g/mol. The second-order valence-corrected chi connectivity index (χ2v) is 10.8. The maximum atomic E-state index is 6.13. The highest BCUT2D eigenvalue weighted by Gasteiger charge is 2.31. The number of benzene rings is 2. The summed E-state index contributed by atoms with van der Waals surface area (Å²) in [4.78, 5) is 0. The minimum Gasteiger partial charge on any atom is -0.398 e. The Labute approximate surface area is 196 Å². The molecule has 2 fully saturated rings. The van der Waals surface area contributed by atoms with Crippen LogP contribution in [0, 0.1) is 24.7 Å².